The molecule has 2 heterocycles. The molecule has 0 radical (unpaired) electrons. The molecule has 0 aliphatic carbocycles. The Kier molecular flexibility index (Phi) is 6.77. The highest BCUT2D eigenvalue weighted by atomic mass is 16.5. The van der Waals surface area contributed by atoms with E-state index in [0.717, 1.165) is 11.1 Å². The number of allylic oxidation sites excluding steroid dienone is 1. The lowest BCUT2D eigenvalue weighted by Crippen LogP contribution is -2.41. The van der Waals surface area contributed by atoms with Gasteiger partial charge >= 0.3 is 0 Å². The van der Waals surface area contributed by atoms with Gasteiger partial charge in [-0.1, -0.05) is 91.0 Å². The monoisotopic (exact) mass is 527 g/mol. The topological polar surface area (TPSA) is 81.5 Å². The number of aromatic nitrogens is 2. The van der Waals surface area contributed by atoms with Crippen LogP contribution in [-0.2, 0) is 11.3 Å². The maximum absolute atomic E-state index is 13.4. The third kappa shape index (κ3) is 4.92. The molecule has 0 N–H and O–H groups in total. The molecule has 0 spiro atoms. The van der Waals surface area contributed by atoms with Crippen molar-refractivity contribution in [3.63, 3.8) is 0 Å². The van der Waals surface area contributed by atoms with Gasteiger partial charge in [0.25, 0.3) is 11.5 Å². The first-order chi connectivity index (χ1) is 19.6. The van der Waals surface area contributed by atoms with Gasteiger partial charge in [-0.3, -0.25) is 23.9 Å². The minimum absolute atomic E-state index is 0.0610. The molecular weight excluding hydrogens is 502 g/mol. The average Bonchev–Trinajstić information content (AvgIpc) is 3.00. The predicted octanol–water partition coefficient (Wildman–Crippen LogP) is 5.39. The van der Waals surface area contributed by atoms with E-state index in [4.69, 9.17) is 9.72 Å². The number of hydrogen-bond donors (Lipinski definition) is 0. The Morgan fingerprint density at radius 2 is 1.57 bits per heavy atom. The zero-order valence-corrected chi connectivity index (χ0v) is 21.6. The molecule has 7 heteroatoms. The number of Topliss-reactive ketones (excluding diaryl/α,β-unsaturated/α-hetero) is 1. The first-order valence-corrected chi connectivity index (χ1v) is 13.0. The number of nitrogens with zero attached hydrogens (tertiary/aromatic N) is 3. The largest absolute Gasteiger partial charge is 0.482 e. The maximum atomic E-state index is 13.4. The summed E-state index contributed by atoms with van der Waals surface area (Å²) in [5.74, 6) is 0.780. The Labute approximate surface area is 230 Å². The van der Waals surface area contributed by atoms with Gasteiger partial charge in [-0.2, -0.15) is 0 Å². The highest BCUT2D eigenvalue weighted by molar-refractivity contribution is 6.07. The third-order valence-electron chi connectivity index (χ3n) is 6.83. The van der Waals surface area contributed by atoms with Gasteiger partial charge in [-0.05, 0) is 29.8 Å². The zero-order chi connectivity index (χ0) is 27.5. The molecule has 40 heavy (non-hydrogen) atoms. The van der Waals surface area contributed by atoms with Gasteiger partial charge in [-0.15, -0.1) is 0 Å². The number of para-hydroxylation sites is 3. The molecule has 0 saturated carbocycles. The van der Waals surface area contributed by atoms with Crippen LogP contribution in [0.2, 0.25) is 0 Å². The minimum atomic E-state index is -0.250. The summed E-state index contributed by atoms with van der Waals surface area (Å²) in [7, 11) is 0. The number of rotatable bonds is 7. The molecule has 0 fully saturated rings. The molecule has 7 nitrogen and oxygen atoms in total. The quantitative estimate of drug-likeness (QED) is 0.265. The lowest BCUT2D eigenvalue weighted by Gasteiger charge is -2.28. The molecule has 1 aliphatic heterocycles. The van der Waals surface area contributed by atoms with Gasteiger partial charge in [-0.25, -0.2) is 4.98 Å². The van der Waals surface area contributed by atoms with Crippen LogP contribution in [0.1, 0.15) is 15.9 Å². The molecule has 6 rings (SSSR count). The maximum Gasteiger partial charge on any atom is 0.265 e. The molecule has 1 aliphatic rings. The van der Waals surface area contributed by atoms with Gasteiger partial charge in [0.1, 0.15) is 11.6 Å². The van der Waals surface area contributed by atoms with Crippen LogP contribution >= 0.6 is 0 Å². The summed E-state index contributed by atoms with van der Waals surface area (Å²) < 4.78 is 7.13. The van der Waals surface area contributed by atoms with Crippen LogP contribution in [0.5, 0.6) is 5.75 Å². The SMILES string of the molecule is O=C(CN1C(=O)COc2ccccc21)c1ccc(/C=C/Cn2c(-c3ccccc3)nc3ccccc3c2=O)cc1. The number of fused-ring (bicyclic) bond motifs is 2. The Bertz CT molecular complexity index is 1810. The van der Waals surface area contributed by atoms with Crippen molar-refractivity contribution in [3.05, 3.63) is 131 Å². The van der Waals surface area contributed by atoms with E-state index in [1.165, 1.54) is 4.90 Å². The van der Waals surface area contributed by atoms with E-state index in [1.54, 1.807) is 34.9 Å². The van der Waals surface area contributed by atoms with Crippen molar-refractivity contribution in [1.82, 2.24) is 9.55 Å². The standard InChI is InChI=1S/C33H25N3O4/c37-29(21-36-28-14-6-7-15-30(28)40-22-31(36)38)24-18-16-23(17-19-24)9-8-20-35-32(25-10-2-1-3-11-25)34-27-13-5-4-12-26(27)33(35)39/h1-19H,20-22H2/b9-8+. The smallest absolute Gasteiger partial charge is 0.265 e. The molecule has 1 amide bonds. The van der Waals surface area contributed by atoms with Crippen LogP contribution < -0.4 is 15.2 Å². The van der Waals surface area contributed by atoms with E-state index in [2.05, 4.69) is 0 Å². The van der Waals surface area contributed by atoms with Crippen molar-refractivity contribution in [1.29, 1.82) is 0 Å². The van der Waals surface area contributed by atoms with Crippen LogP contribution in [-0.4, -0.2) is 34.4 Å². The molecule has 1 aromatic heterocycles. The average molecular weight is 528 g/mol. The molecule has 0 saturated heterocycles. The van der Waals surface area contributed by atoms with Crippen molar-refractivity contribution in [2.45, 2.75) is 6.54 Å². The second-order valence-corrected chi connectivity index (χ2v) is 9.42. The Balaban J connectivity index is 1.20. The van der Waals surface area contributed by atoms with Crippen molar-refractivity contribution in [2.24, 2.45) is 0 Å². The number of hydrogen-bond acceptors (Lipinski definition) is 5. The molecule has 0 bridgehead atoms. The number of ether oxygens (including phenoxy) is 1. The lowest BCUT2D eigenvalue weighted by molar-refractivity contribution is -0.121. The fourth-order valence-electron chi connectivity index (χ4n) is 4.78. The molecule has 0 unspecified atom stereocenters. The summed E-state index contributed by atoms with van der Waals surface area (Å²) in [6, 6.07) is 31.4. The number of carbonyl (C=O) groups is 2. The molecule has 5 aromatic rings. The third-order valence-corrected chi connectivity index (χ3v) is 6.83. The fourth-order valence-corrected chi connectivity index (χ4v) is 4.78. The van der Waals surface area contributed by atoms with E-state index >= 15 is 0 Å². The zero-order valence-electron chi connectivity index (χ0n) is 21.6. The Hall–Kier alpha value is -5.30. The second kappa shape index (κ2) is 10.8. The van der Waals surface area contributed by atoms with E-state index in [-0.39, 0.29) is 30.4 Å². The summed E-state index contributed by atoms with van der Waals surface area (Å²) in [4.78, 5) is 45.0. The van der Waals surface area contributed by atoms with Crippen molar-refractivity contribution in [2.75, 3.05) is 18.1 Å². The highest BCUT2D eigenvalue weighted by Gasteiger charge is 2.27. The van der Waals surface area contributed by atoms with E-state index in [1.807, 2.05) is 84.9 Å². The van der Waals surface area contributed by atoms with Crippen molar-refractivity contribution in [3.8, 4) is 17.1 Å². The number of benzene rings is 4. The molecule has 4 aromatic carbocycles. The molecular formula is C33H25N3O4. The normalized spacial score (nSPS) is 12.9. The lowest BCUT2D eigenvalue weighted by atomic mass is 10.1. The van der Waals surface area contributed by atoms with E-state index < -0.39 is 0 Å². The van der Waals surface area contributed by atoms with Crippen LogP contribution in [0, 0.1) is 0 Å². The second-order valence-electron chi connectivity index (χ2n) is 9.42. The molecule has 196 valence electrons. The Morgan fingerprint density at radius 3 is 2.40 bits per heavy atom. The Morgan fingerprint density at radius 1 is 0.850 bits per heavy atom. The highest BCUT2D eigenvalue weighted by Crippen LogP contribution is 2.31. The predicted molar refractivity (Wildman–Crippen MR) is 156 cm³/mol. The van der Waals surface area contributed by atoms with Crippen LogP contribution in [0.4, 0.5) is 5.69 Å². The van der Waals surface area contributed by atoms with E-state index in [0.29, 0.717) is 40.3 Å². The van der Waals surface area contributed by atoms with Gasteiger partial charge in [0.15, 0.2) is 12.4 Å². The first-order valence-electron chi connectivity index (χ1n) is 13.0. The summed E-state index contributed by atoms with van der Waals surface area (Å²) in [5, 5.41) is 0.569. The van der Waals surface area contributed by atoms with Crippen LogP contribution in [0.15, 0.2) is 114 Å². The number of amides is 1. The first kappa shape index (κ1) is 25.0. The summed E-state index contributed by atoms with van der Waals surface area (Å²) in [6.07, 6.45) is 3.82. The minimum Gasteiger partial charge on any atom is -0.482 e. The van der Waals surface area contributed by atoms with Crippen LogP contribution in [0.3, 0.4) is 0 Å². The summed E-state index contributed by atoms with van der Waals surface area (Å²) in [5.41, 5.74) is 3.41. The van der Waals surface area contributed by atoms with Gasteiger partial charge in [0.2, 0.25) is 0 Å². The summed E-state index contributed by atoms with van der Waals surface area (Å²) in [6.45, 7) is 0.185. The molecule has 0 atom stereocenters. The van der Waals surface area contributed by atoms with Crippen molar-refractivity contribution < 1.29 is 14.3 Å². The van der Waals surface area contributed by atoms with Gasteiger partial charge in [0, 0.05) is 17.7 Å². The van der Waals surface area contributed by atoms with Gasteiger partial charge in [0.05, 0.1) is 23.1 Å². The number of anilines is 1. The van der Waals surface area contributed by atoms with Crippen LogP contribution in [0.25, 0.3) is 28.4 Å². The van der Waals surface area contributed by atoms with Crippen molar-refractivity contribution >= 4 is 34.4 Å². The van der Waals surface area contributed by atoms with E-state index in [9.17, 15) is 14.4 Å². The number of ketones is 1. The number of carbonyl (C=O) groups excluding carboxylic acids is 2. The fraction of sp³-hybridized carbons (Fsp3) is 0.0909. The summed E-state index contributed by atoms with van der Waals surface area (Å²) >= 11 is 0. The van der Waals surface area contributed by atoms with Gasteiger partial charge < -0.3 is 4.74 Å².